The molecule has 1 aliphatic carbocycles. The van der Waals surface area contributed by atoms with Crippen LogP contribution in [-0.4, -0.2) is 4.57 Å². The Morgan fingerprint density at radius 3 is 3.12 bits per heavy atom. The van der Waals surface area contributed by atoms with E-state index in [0.29, 0.717) is 6.04 Å². The molecule has 2 rings (SSSR count). The Labute approximate surface area is 97.8 Å². The minimum absolute atomic E-state index is 0.224. The van der Waals surface area contributed by atoms with Gasteiger partial charge in [-0.2, -0.15) is 0 Å². The second-order valence-electron chi connectivity index (χ2n) is 4.81. The number of terminal acetylenes is 1. The lowest BCUT2D eigenvalue weighted by Gasteiger charge is -2.23. The fraction of sp³-hybridized carbons (Fsp3) is 0.571. The molecule has 0 aromatic carbocycles. The van der Waals surface area contributed by atoms with Crippen molar-refractivity contribution in [2.75, 3.05) is 0 Å². The van der Waals surface area contributed by atoms with Crippen LogP contribution in [0.5, 0.6) is 0 Å². The van der Waals surface area contributed by atoms with E-state index in [1.807, 2.05) is 0 Å². The van der Waals surface area contributed by atoms with Crippen molar-refractivity contribution in [1.82, 2.24) is 4.57 Å². The number of rotatable bonds is 2. The average Bonchev–Trinajstić information content (AvgIpc) is 2.56. The summed E-state index contributed by atoms with van der Waals surface area (Å²) in [6.45, 7) is 4.34. The van der Waals surface area contributed by atoms with Gasteiger partial charge in [0.05, 0.1) is 0 Å². The first-order chi connectivity index (χ1) is 7.65. The van der Waals surface area contributed by atoms with Crippen molar-refractivity contribution in [2.24, 2.45) is 5.73 Å². The first-order valence-electron chi connectivity index (χ1n) is 6.04. The largest absolute Gasteiger partial charge is 0.345 e. The summed E-state index contributed by atoms with van der Waals surface area (Å²) in [6.07, 6.45) is 9.64. The molecule has 2 nitrogen and oxygen atoms in total. The number of nitrogens with two attached hydrogens (primary N) is 1. The molecule has 0 bridgehead atoms. The van der Waals surface area contributed by atoms with E-state index in [-0.39, 0.29) is 6.04 Å². The second-order valence-corrected chi connectivity index (χ2v) is 4.81. The molecule has 0 fully saturated rings. The lowest BCUT2D eigenvalue weighted by Crippen LogP contribution is -2.19. The van der Waals surface area contributed by atoms with Crippen LogP contribution < -0.4 is 5.73 Å². The molecule has 1 heterocycles. The molecule has 1 aliphatic rings. The summed E-state index contributed by atoms with van der Waals surface area (Å²) < 4.78 is 2.38. The van der Waals surface area contributed by atoms with Crippen LogP contribution >= 0.6 is 0 Å². The van der Waals surface area contributed by atoms with Crippen molar-refractivity contribution < 1.29 is 0 Å². The molecule has 1 aromatic rings. The van der Waals surface area contributed by atoms with Crippen molar-refractivity contribution in [2.45, 2.75) is 51.6 Å². The minimum Gasteiger partial charge on any atom is -0.345 e. The molecule has 0 saturated carbocycles. The SMILES string of the molecule is C#CCC(C)n1c(C)cc2c1CCCC2N. The first-order valence-corrected chi connectivity index (χ1v) is 6.04. The van der Waals surface area contributed by atoms with Gasteiger partial charge >= 0.3 is 0 Å². The van der Waals surface area contributed by atoms with E-state index >= 15 is 0 Å². The smallest absolute Gasteiger partial charge is 0.0416 e. The molecule has 2 N–H and O–H groups in total. The Bertz CT molecular complexity index is 423. The monoisotopic (exact) mass is 216 g/mol. The quantitative estimate of drug-likeness (QED) is 0.757. The molecular weight excluding hydrogens is 196 g/mol. The van der Waals surface area contributed by atoms with Crippen molar-refractivity contribution in [3.05, 3.63) is 23.0 Å². The van der Waals surface area contributed by atoms with Crippen molar-refractivity contribution in [3.63, 3.8) is 0 Å². The topological polar surface area (TPSA) is 30.9 Å². The maximum atomic E-state index is 6.15. The maximum Gasteiger partial charge on any atom is 0.0416 e. The number of aromatic nitrogens is 1. The third-order valence-electron chi connectivity index (χ3n) is 3.55. The van der Waals surface area contributed by atoms with E-state index in [4.69, 9.17) is 12.2 Å². The Hall–Kier alpha value is -1.20. The molecular formula is C14H20N2. The standard InChI is InChI=1S/C14H20N2/c1-4-6-10(2)16-11(3)9-12-13(15)7-5-8-14(12)16/h1,9-10,13H,5-8,15H2,2-3H3. The van der Waals surface area contributed by atoms with Gasteiger partial charge in [0.2, 0.25) is 0 Å². The van der Waals surface area contributed by atoms with Gasteiger partial charge in [-0.15, -0.1) is 12.3 Å². The van der Waals surface area contributed by atoms with Gasteiger partial charge in [0.1, 0.15) is 0 Å². The van der Waals surface area contributed by atoms with Gasteiger partial charge in [0, 0.05) is 29.9 Å². The second kappa shape index (κ2) is 4.35. The highest BCUT2D eigenvalue weighted by atomic mass is 15.0. The van der Waals surface area contributed by atoms with E-state index in [1.165, 1.54) is 23.4 Å². The summed E-state index contributed by atoms with van der Waals surface area (Å²) >= 11 is 0. The summed E-state index contributed by atoms with van der Waals surface area (Å²) in [6, 6.07) is 2.85. The number of fused-ring (bicyclic) bond motifs is 1. The Kier molecular flexibility index (Phi) is 3.07. The predicted octanol–water partition coefficient (Wildman–Crippen LogP) is 2.72. The van der Waals surface area contributed by atoms with Crippen molar-refractivity contribution in [1.29, 1.82) is 0 Å². The predicted molar refractivity (Wildman–Crippen MR) is 67.2 cm³/mol. The van der Waals surface area contributed by atoms with E-state index in [2.05, 4.69) is 30.4 Å². The van der Waals surface area contributed by atoms with E-state index in [0.717, 1.165) is 19.3 Å². The van der Waals surface area contributed by atoms with Gasteiger partial charge in [-0.3, -0.25) is 0 Å². The molecule has 2 unspecified atom stereocenters. The highest BCUT2D eigenvalue weighted by Gasteiger charge is 2.23. The Morgan fingerprint density at radius 2 is 2.44 bits per heavy atom. The lowest BCUT2D eigenvalue weighted by atomic mass is 9.93. The number of aryl methyl sites for hydroxylation is 1. The molecule has 2 atom stereocenters. The van der Waals surface area contributed by atoms with Gasteiger partial charge in [-0.25, -0.2) is 0 Å². The van der Waals surface area contributed by atoms with Crippen molar-refractivity contribution in [3.8, 4) is 12.3 Å². The highest BCUT2D eigenvalue weighted by molar-refractivity contribution is 5.33. The number of nitrogens with zero attached hydrogens (tertiary/aromatic N) is 1. The number of hydrogen-bond donors (Lipinski definition) is 1. The highest BCUT2D eigenvalue weighted by Crippen LogP contribution is 2.33. The van der Waals surface area contributed by atoms with E-state index in [9.17, 15) is 0 Å². The fourth-order valence-electron chi connectivity index (χ4n) is 2.84. The minimum atomic E-state index is 0.224. The molecule has 0 aliphatic heterocycles. The third kappa shape index (κ3) is 1.76. The third-order valence-corrected chi connectivity index (χ3v) is 3.55. The molecule has 0 amide bonds. The zero-order valence-corrected chi connectivity index (χ0v) is 10.2. The van der Waals surface area contributed by atoms with Gasteiger partial charge in [-0.1, -0.05) is 0 Å². The van der Waals surface area contributed by atoms with Crippen molar-refractivity contribution >= 4 is 0 Å². The molecule has 2 heteroatoms. The summed E-state index contributed by atoms with van der Waals surface area (Å²) in [7, 11) is 0. The van der Waals surface area contributed by atoms with E-state index in [1.54, 1.807) is 0 Å². The molecule has 16 heavy (non-hydrogen) atoms. The van der Waals surface area contributed by atoms with Crippen LogP contribution in [0.3, 0.4) is 0 Å². The maximum absolute atomic E-state index is 6.15. The summed E-state index contributed by atoms with van der Waals surface area (Å²) in [5.74, 6) is 2.75. The zero-order chi connectivity index (χ0) is 11.7. The van der Waals surface area contributed by atoms with Crippen LogP contribution in [0, 0.1) is 19.3 Å². The van der Waals surface area contributed by atoms with Gasteiger partial charge in [-0.05, 0) is 44.7 Å². The molecule has 0 saturated heterocycles. The average molecular weight is 216 g/mol. The zero-order valence-electron chi connectivity index (χ0n) is 10.2. The lowest BCUT2D eigenvalue weighted by molar-refractivity contribution is 0.492. The van der Waals surface area contributed by atoms with Gasteiger partial charge < -0.3 is 10.3 Å². The fourth-order valence-corrected chi connectivity index (χ4v) is 2.84. The van der Waals surface area contributed by atoms with Gasteiger partial charge in [0.15, 0.2) is 0 Å². The van der Waals surface area contributed by atoms with Crippen LogP contribution in [0.15, 0.2) is 6.07 Å². The van der Waals surface area contributed by atoms with Crippen LogP contribution in [0.2, 0.25) is 0 Å². The molecule has 1 aromatic heterocycles. The summed E-state index contributed by atoms with van der Waals surface area (Å²) in [4.78, 5) is 0. The first kappa shape index (κ1) is 11.3. The molecule has 0 spiro atoms. The van der Waals surface area contributed by atoms with Crippen LogP contribution in [0.1, 0.15) is 55.2 Å². The van der Waals surface area contributed by atoms with Gasteiger partial charge in [0.25, 0.3) is 0 Å². The van der Waals surface area contributed by atoms with Crippen LogP contribution in [0.4, 0.5) is 0 Å². The molecule has 86 valence electrons. The Balaban J connectivity index is 2.42. The van der Waals surface area contributed by atoms with E-state index < -0.39 is 0 Å². The summed E-state index contributed by atoms with van der Waals surface area (Å²) in [5, 5.41) is 0. The van der Waals surface area contributed by atoms with Crippen LogP contribution in [-0.2, 0) is 6.42 Å². The summed E-state index contributed by atoms with van der Waals surface area (Å²) in [5.41, 5.74) is 10.2. The number of hydrogen-bond acceptors (Lipinski definition) is 1. The Morgan fingerprint density at radius 1 is 1.69 bits per heavy atom. The molecule has 0 radical (unpaired) electrons. The van der Waals surface area contributed by atoms with Crippen LogP contribution in [0.25, 0.3) is 0 Å². The normalized spacial score (nSPS) is 21.2.